The maximum atomic E-state index is 10.9. The molecule has 2 saturated carbocycles. The Morgan fingerprint density at radius 3 is 2.77 bits per heavy atom. The molecule has 0 radical (unpaired) electrons. The van der Waals surface area contributed by atoms with Crippen molar-refractivity contribution in [3.8, 4) is 0 Å². The van der Waals surface area contributed by atoms with Crippen molar-refractivity contribution in [3.05, 3.63) is 12.2 Å². The Morgan fingerprint density at radius 2 is 2.23 bits per heavy atom. The minimum atomic E-state index is -0.220. The Balaban J connectivity index is 1.89. The van der Waals surface area contributed by atoms with Crippen molar-refractivity contribution in [2.75, 3.05) is 7.11 Å². The van der Waals surface area contributed by atoms with Gasteiger partial charge in [0.05, 0.1) is 7.11 Å². The molecule has 2 bridgehead atoms. The molecule has 3 atom stereocenters. The summed E-state index contributed by atoms with van der Waals surface area (Å²) >= 11 is 0. The van der Waals surface area contributed by atoms with E-state index < -0.39 is 0 Å². The van der Waals surface area contributed by atoms with E-state index in [-0.39, 0.29) is 5.97 Å². The van der Waals surface area contributed by atoms with Gasteiger partial charge in [0.25, 0.3) is 0 Å². The minimum absolute atomic E-state index is 0.220. The molecule has 0 aromatic rings. The molecular formula is C11H16O2. The van der Waals surface area contributed by atoms with Crippen LogP contribution in [-0.2, 0) is 9.53 Å². The van der Waals surface area contributed by atoms with Gasteiger partial charge in [-0.1, -0.05) is 12.5 Å². The van der Waals surface area contributed by atoms with Crippen LogP contribution < -0.4 is 0 Å². The third kappa shape index (κ3) is 1.77. The van der Waals surface area contributed by atoms with Crippen LogP contribution in [0, 0.1) is 17.8 Å². The van der Waals surface area contributed by atoms with E-state index in [2.05, 4.69) is 10.8 Å². The van der Waals surface area contributed by atoms with E-state index in [0.29, 0.717) is 5.92 Å². The van der Waals surface area contributed by atoms with Gasteiger partial charge in [-0.2, -0.15) is 0 Å². The molecule has 2 aliphatic rings. The molecule has 2 fully saturated rings. The van der Waals surface area contributed by atoms with Crippen LogP contribution in [0.25, 0.3) is 0 Å². The first-order valence-corrected chi connectivity index (χ1v) is 5.05. The second-order valence-electron chi connectivity index (χ2n) is 4.22. The average Bonchev–Trinajstić information content (AvgIpc) is 2.74. The van der Waals surface area contributed by atoms with E-state index in [4.69, 9.17) is 0 Å². The fourth-order valence-corrected chi connectivity index (χ4v) is 2.80. The molecule has 0 N–H and O–H groups in total. The van der Waals surface area contributed by atoms with E-state index in [1.54, 1.807) is 6.08 Å². The number of hydrogen-bond acceptors (Lipinski definition) is 2. The fraction of sp³-hybridized carbons (Fsp3) is 0.727. The highest BCUT2D eigenvalue weighted by atomic mass is 16.5. The number of esters is 1. The number of hydrogen-bond donors (Lipinski definition) is 0. The SMILES string of the molecule is COC(=O)/C=C/[C@H]1C[C@@H]2CC[C@H]1C2. The topological polar surface area (TPSA) is 26.3 Å². The van der Waals surface area contributed by atoms with Crippen LogP contribution in [0.3, 0.4) is 0 Å². The molecule has 2 heteroatoms. The van der Waals surface area contributed by atoms with Crippen LogP contribution in [-0.4, -0.2) is 13.1 Å². The van der Waals surface area contributed by atoms with Crippen LogP contribution in [0.5, 0.6) is 0 Å². The van der Waals surface area contributed by atoms with Gasteiger partial charge in [-0.25, -0.2) is 4.79 Å². The van der Waals surface area contributed by atoms with E-state index in [1.165, 1.54) is 32.8 Å². The summed E-state index contributed by atoms with van der Waals surface area (Å²) in [7, 11) is 1.42. The second-order valence-corrected chi connectivity index (χ2v) is 4.22. The smallest absolute Gasteiger partial charge is 0.330 e. The van der Waals surface area contributed by atoms with E-state index in [9.17, 15) is 4.79 Å². The predicted molar refractivity (Wildman–Crippen MR) is 50.1 cm³/mol. The lowest BCUT2D eigenvalue weighted by Gasteiger charge is -2.17. The number of carbonyl (C=O) groups is 1. The first-order valence-electron chi connectivity index (χ1n) is 5.05. The molecule has 2 nitrogen and oxygen atoms in total. The summed E-state index contributed by atoms with van der Waals surface area (Å²) in [5.41, 5.74) is 0. The van der Waals surface area contributed by atoms with Crippen molar-refractivity contribution < 1.29 is 9.53 Å². The molecule has 13 heavy (non-hydrogen) atoms. The van der Waals surface area contributed by atoms with Gasteiger partial charge in [0.2, 0.25) is 0 Å². The summed E-state index contributed by atoms with van der Waals surface area (Å²) in [6, 6.07) is 0. The Bertz CT molecular complexity index is 232. The first kappa shape index (κ1) is 8.79. The van der Waals surface area contributed by atoms with Gasteiger partial charge < -0.3 is 4.74 Å². The molecule has 0 saturated heterocycles. The molecular weight excluding hydrogens is 164 g/mol. The molecule has 2 aliphatic carbocycles. The van der Waals surface area contributed by atoms with Crippen molar-refractivity contribution in [3.63, 3.8) is 0 Å². The lowest BCUT2D eigenvalue weighted by molar-refractivity contribution is -0.134. The molecule has 2 rings (SSSR count). The van der Waals surface area contributed by atoms with Gasteiger partial charge in [-0.15, -0.1) is 0 Å². The zero-order chi connectivity index (χ0) is 9.26. The largest absolute Gasteiger partial charge is 0.466 e. The molecule has 0 aromatic heterocycles. The van der Waals surface area contributed by atoms with Gasteiger partial charge in [0, 0.05) is 6.08 Å². The summed E-state index contributed by atoms with van der Waals surface area (Å²) in [6.45, 7) is 0. The zero-order valence-electron chi connectivity index (χ0n) is 8.03. The highest BCUT2D eigenvalue weighted by Gasteiger charge is 2.37. The van der Waals surface area contributed by atoms with E-state index >= 15 is 0 Å². The summed E-state index contributed by atoms with van der Waals surface area (Å²) < 4.78 is 4.56. The lowest BCUT2D eigenvalue weighted by Crippen LogP contribution is -2.08. The van der Waals surface area contributed by atoms with Gasteiger partial charge in [0.1, 0.15) is 0 Å². The third-order valence-corrected chi connectivity index (χ3v) is 3.47. The monoisotopic (exact) mass is 180 g/mol. The highest BCUT2D eigenvalue weighted by Crippen LogP contribution is 2.48. The van der Waals surface area contributed by atoms with Crippen LogP contribution in [0.15, 0.2) is 12.2 Å². The maximum Gasteiger partial charge on any atom is 0.330 e. The number of methoxy groups -OCH3 is 1. The predicted octanol–water partition coefficient (Wildman–Crippen LogP) is 2.15. The Morgan fingerprint density at radius 1 is 1.38 bits per heavy atom. The summed E-state index contributed by atoms with van der Waals surface area (Å²) in [6.07, 6.45) is 9.09. The molecule has 0 spiro atoms. The van der Waals surface area contributed by atoms with Gasteiger partial charge in [-0.05, 0) is 37.0 Å². The third-order valence-electron chi connectivity index (χ3n) is 3.47. The lowest BCUT2D eigenvalue weighted by atomic mass is 9.89. The molecule has 0 aliphatic heterocycles. The maximum absolute atomic E-state index is 10.9. The number of ether oxygens (including phenoxy) is 1. The number of allylic oxidation sites excluding steroid dienone is 1. The molecule has 0 unspecified atom stereocenters. The van der Waals surface area contributed by atoms with Crippen molar-refractivity contribution in [1.82, 2.24) is 0 Å². The Hall–Kier alpha value is -0.790. The van der Waals surface area contributed by atoms with Gasteiger partial charge in [0.15, 0.2) is 0 Å². The van der Waals surface area contributed by atoms with Crippen LogP contribution in [0.1, 0.15) is 25.7 Å². The summed E-state index contributed by atoms with van der Waals surface area (Å²) in [5.74, 6) is 2.23. The highest BCUT2D eigenvalue weighted by molar-refractivity contribution is 5.81. The molecule has 0 amide bonds. The summed E-state index contributed by atoms with van der Waals surface area (Å²) in [5, 5.41) is 0. The molecule has 72 valence electrons. The van der Waals surface area contributed by atoms with E-state index in [1.807, 2.05) is 0 Å². The normalized spacial score (nSPS) is 37.2. The first-order chi connectivity index (χ1) is 6.29. The second kappa shape index (κ2) is 3.52. The van der Waals surface area contributed by atoms with Crippen molar-refractivity contribution in [2.45, 2.75) is 25.7 Å². The zero-order valence-corrected chi connectivity index (χ0v) is 8.03. The van der Waals surface area contributed by atoms with Crippen LogP contribution >= 0.6 is 0 Å². The fourth-order valence-electron chi connectivity index (χ4n) is 2.80. The Labute approximate surface area is 79.0 Å². The quantitative estimate of drug-likeness (QED) is 0.481. The molecule has 0 heterocycles. The van der Waals surface area contributed by atoms with Gasteiger partial charge >= 0.3 is 5.97 Å². The standard InChI is InChI=1S/C11H16O2/c1-13-11(12)5-4-10-7-8-2-3-9(10)6-8/h4-5,8-10H,2-3,6-7H2,1H3/b5-4+/t8-,9+,10+/m1/s1. The van der Waals surface area contributed by atoms with Gasteiger partial charge in [-0.3, -0.25) is 0 Å². The minimum Gasteiger partial charge on any atom is -0.466 e. The van der Waals surface area contributed by atoms with Crippen LogP contribution in [0.2, 0.25) is 0 Å². The van der Waals surface area contributed by atoms with Crippen molar-refractivity contribution >= 4 is 5.97 Å². The van der Waals surface area contributed by atoms with E-state index in [0.717, 1.165) is 11.8 Å². The molecule has 0 aromatic carbocycles. The number of carbonyl (C=O) groups excluding carboxylic acids is 1. The van der Waals surface area contributed by atoms with Crippen LogP contribution in [0.4, 0.5) is 0 Å². The average molecular weight is 180 g/mol. The van der Waals surface area contributed by atoms with Crippen molar-refractivity contribution in [1.29, 1.82) is 0 Å². The summed E-state index contributed by atoms with van der Waals surface area (Å²) in [4.78, 5) is 10.9. The number of fused-ring (bicyclic) bond motifs is 2. The number of rotatable bonds is 2. The van der Waals surface area contributed by atoms with Crippen molar-refractivity contribution in [2.24, 2.45) is 17.8 Å². The Kier molecular flexibility index (Phi) is 2.38.